The third kappa shape index (κ3) is 3.33. The van der Waals surface area contributed by atoms with E-state index < -0.39 is 16.8 Å². The van der Waals surface area contributed by atoms with Gasteiger partial charge in [0.25, 0.3) is 0 Å². The minimum absolute atomic E-state index is 0.238. The van der Waals surface area contributed by atoms with Crippen LogP contribution in [0.3, 0.4) is 0 Å². The second-order valence-corrected chi connectivity index (χ2v) is 5.84. The van der Waals surface area contributed by atoms with Crippen molar-refractivity contribution in [2.24, 2.45) is 5.41 Å². The SMILES string of the molecule is C=CC1(C(=O)OC(C)(C)CC)COC(C)(C)OC1. The molecule has 0 unspecified atom stereocenters. The highest BCUT2D eigenvalue weighted by molar-refractivity contribution is 5.80. The lowest BCUT2D eigenvalue weighted by molar-refractivity contribution is -0.278. The van der Waals surface area contributed by atoms with Crippen LogP contribution in [-0.2, 0) is 19.0 Å². The summed E-state index contributed by atoms with van der Waals surface area (Å²) in [6, 6.07) is 0. The van der Waals surface area contributed by atoms with E-state index >= 15 is 0 Å². The zero-order valence-electron chi connectivity index (χ0n) is 12.0. The van der Waals surface area contributed by atoms with Crippen LogP contribution in [0.25, 0.3) is 0 Å². The van der Waals surface area contributed by atoms with Crippen molar-refractivity contribution in [3.05, 3.63) is 12.7 Å². The number of carbonyl (C=O) groups excluding carboxylic acids is 1. The van der Waals surface area contributed by atoms with Gasteiger partial charge in [0, 0.05) is 0 Å². The second-order valence-electron chi connectivity index (χ2n) is 5.84. The smallest absolute Gasteiger partial charge is 0.321 e. The van der Waals surface area contributed by atoms with Gasteiger partial charge in [0.1, 0.15) is 11.0 Å². The Balaban J connectivity index is 2.78. The van der Waals surface area contributed by atoms with Crippen LogP contribution < -0.4 is 0 Å². The molecule has 4 heteroatoms. The lowest BCUT2D eigenvalue weighted by Crippen LogP contribution is -2.51. The Kier molecular flexibility index (Phi) is 4.23. The average molecular weight is 256 g/mol. The van der Waals surface area contributed by atoms with E-state index in [-0.39, 0.29) is 19.2 Å². The van der Waals surface area contributed by atoms with Crippen molar-refractivity contribution >= 4 is 5.97 Å². The summed E-state index contributed by atoms with van der Waals surface area (Å²) in [6.45, 7) is 13.6. The molecular formula is C14H24O4. The third-order valence-corrected chi connectivity index (χ3v) is 3.37. The first-order chi connectivity index (χ1) is 8.16. The molecule has 1 fully saturated rings. The van der Waals surface area contributed by atoms with E-state index in [0.717, 1.165) is 6.42 Å². The second kappa shape index (κ2) is 5.02. The predicted molar refractivity (Wildman–Crippen MR) is 69.1 cm³/mol. The largest absolute Gasteiger partial charge is 0.459 e. The van der Waals surface area contributed by atoms with E-state index in [4.69, 9.17) is 14.2 Å². The highest BCUT2D eigenvalue weighted by Gasteiger charge is 2.46. The van der Waals surface area contributed by atoms with Crippen molar-refractivity contribution in [1.29, 1.82) is 0 Å². The molecule has 0 bridgehead atoms. The van der Waals surface area contributed by atoms with Crippen LogP contribution in [-0.4, -0.2) is 30.6 Å². The summed E-state index contributed by atoms with van der Waals surface area (Å²) in [5, 5.41) is 0. The minimum atomic E-state index is -0.901. The van der Waals surface area contributed by atoms with Crippen LogP contribution >= 0.6 is 0 Å². The minimum Gasteiger partial charge on any atom is -0.459 e. The molecule has 4 nitrogen and oxygen atoms in total. The number of hydrogen-bond acceptors (Lipinski definition) is 4. The molecule has 1 saturated heterocycles. The topological polar surface area (TPSA) is 44.8 Å². The van der Waals surface area contributed by atoms with Gasteiger partial charge in [-0.25, -0.2) is 0 Å². The quantitative estimate of drug-likeness (QED) is 0.573. The van der Waals surface area contributed by atoms with Gasteiger partial charge in [-0.05, 0) is 34.1 Å². The summed E-state index contributed by atoms with van der Waals surface area (Å²) in [7, 11) is 0. The van der Waals surface area contributed by atoms with Gasteiger partial charge in [-0.1, -0.05) is 13.0 Å². The molecule has 0 aromatic heterocycles. The first kappa shape index (κ1) is 15.2. The number of carbonyl (C=O) groups is 1. The van der Waals surface area contributed by atoms with Crippen LogP contribution in [0, 0.1) is 5.41 Å². The first-order valence-corrected chi connectivity index (χ1v) is 6.31. The molecule has 1 aliphatic rings. The van der Waals surface area contributed by atoms with Gasteiger partial charge in [-0.3, -0.25) is 4.79 Å². The third-order valence-electron chi connectivity index (χ3n) is 3.37. The van der Waals surface area contributed by atoms with E-state index in [1.54, 1.807) is 6.08 Å². The Labute approximate surface area is 109 Å². The van der Waals surface area contributed by atoms with Gasteiger partial charge in [-0.2, -0.15) is 0 Å². The highest BCUT2D eigenvalue weighted by Crippen LogP contribution is 2.33. The molecule has 0 amide bonds. The molecule has 1 aliphatic heterocycles. The molecule has 0 atom stereocenters. The van der Waals surface area contributed by atoms with Crippen molar-refractivity contribution in [1.82, 2.24) is 0 Å². The average Bonchev–Trinajstić information content (AvgIpc) is 2.29. The molecule has 0 aromatic rings. The Morgan fingerprint density at radius 1 is 1.39 bits per heavy atom. The predicted octanol–water partition coefficient (Wildman–Crippen LogP) is 2.67. The zero-order chi connectivity index (χ0) is 14.0. The Hall–Kier alpha value is -0.870. The van der Waals surface area contributed by atoms with E-state index in [9.17, 15) is 4.79 Å². The summed E-state index contributed by atoms with van der Waals surface area (Å²) in [4.78, 5) is 12.3. The number of rotatable bonds is 4. The summed E-state index contributed by atoms with van der Waals surface area (Å²) in [5.74, 6) is -0.993. The van der Waals surface area contributed by atoms with Crippen molar-refractivity contribution in [2.75, 3.05) is 13.2 Å². The fraction of sp³-hybridized carbons (Fsp3) is 0.786. The summed E-state index contributed by atoms with van der Waals surface area (Å²) in [5.41, 5.74) is -1.39. The Morgan fingerprint density at radius 3 is 2.28 bits per heavy atom. The molecule has 0 aromatic carbocycles. The van der Waals surface area contributed by atoms with Gasteiger partial charge in [-0.15, -0.1) is 6.58 Å². The number of esters is 1. The standard InChI is InChI=1S/C14H24O4/c1-7-12(3,4)18-11(15)14(8-2)9-16-13(5,6)17-10-14/h8H,2,7,9-10H2,1,3-6H3. The first-order valence-electron chi connectivity index (χ1n) is 6.31. The van der Waals surface area contributed by atoms with Crippen molar-refractivity contribution < 1.29 is 19.0 Å². The van der Waals surface area contributed by atoms with Gasteiger partial charge in [0.15, 0.2) is 5.79 Å². The van der Waals surface area contributed by atoms with Crippen LogP contribution in [0.15, 0.2) is 12.7 Å². The van der Waals surface area contributed by atoms with Gasteiger partial charge in [0.2, 0.25) is 0 Å². The van der Waals surface area contributed by atoms with Crippen molar-refractivity contribution in [3.63, 3.8) is 0 Å². The van der Waals surface area contributed by atoms with E-state index in [1.807, 2.05) is 34.6 Å². The molecule has 0 radical (unpaired) electrons. The maximum Gasteiger partial charge on any atom is 0.321 e. The normalized spacial score (nSPS) is 22.3. The van der Waals surface area contributed by atoms with Crippen LogP contribution in [0.1, 0.15) is 41.0 Å². The molecule has 0 aliphatic carbocycles. The molecule has 1 rings (SSSR count). The molecular weight excluding hydrogens is 232 g/mol. The molecule has 18 heavy (non-hydrogen) atoms. The lowest BCUT2D eigenvalue weighted by atomic mass is 9.88. The van der Waals surface area contributed by atoms with Crippen molar-refractivity contribution in [2.45, 2.75) is 52.4 Å². The summed E-state index contributed by atoms with van der Waals surface area (Å²) < 4.78 is 16.6. The maximum absolute atomic E-state index is 12.3. The van der Waals surface area contributed by atoms with Crippen LogP contribution in [0.2, 0.25) is 0 Å². The number of ether oxygens (including phenoxy) is 3. The molecule has 0 spiro atoms. The van der Waals surface area contributed by atoms with Crippen molar-refractivity contribution in [3.8, 4) is 0 Å². The van der Waals surface area contributed by atoms with Gasteiger partial charge < -0.3 is 14.2 Å². The molecule has 0 saturated carbocycles. The van der Waals surface area contributed by atoms with E-state index in [1.165, 1.54) is 0 Å². The Bertz CT molecular complexity index is 321. The number of hydrogen-bond donors (Lipinski definition) is 0. The van der Waals surface area contributed by atoms with E-state index in [2.05, 4.69) is 6.58 Å². The summed E-state index contributed by atoms with van der Waals surface area (Å²) >= 11 is 0. The lowest BCUT2D eigenvalue weighted by Gasteiger charge is -2.41. The monoisotopic (exact) mass is 256 g/mol. The fourth-order valence-corrected chi connectivity index (χ4v) is 1.43. The van der Waals surface area contributed by atoms with E-state index in [0.29, 0.717) is 0 Å². The van der Waals surface area contributed by atoms with Crippen LogP contribution in [0.5, 0.6) is 0 Å². The molecule has 0 N–H and O–H groups in total. The molecule has 104 valence electrons. The summed E-state index contributed by atoms with van der Waals surface area (Å²) in [6.07, 6.45) is 2.31. The zero-order valence-corrected chi connectivity index (χ0v) is 12.0. The fourth-order valence-electron chi connectivity index (χ4n) is 1.43. The van der Waals surface area contributed by atoms with Crippen LogP contribution in [0.4, 0.5) is 0 Å². The van der Waals surface area contributed by atoms with Gasteiger partial charge in [0.05, 0.1) is 13.2 Å². The molecule has 1 heterocycles. The van der Waals surface area contributed by atoms with Gasteiger partial charge >= 0.3 is 5.97 Å². The highest BCUT2D eigenvalue weighted by atomic mass is 16.7. The Morgan fingerprint density at radius 2 is 1.89 bits per heavy atom. The maximum atomic E-state index is 12.3.